The molecule has 0 spiro atoms. The van der Waals surface area contributed by atoms with Crippen LogP contribution in [0.5, 0.6) is 0 Å². The number of carbonyl (C=O) groups excluding carboxylic acids is 1. The molecule has 0 aliphatic heterocycles. The standard InChI is InChI=1S/C16H22FN3O2S/c1-5-20(9-16(3,4)22)10(2)14(21)19-15-18-12-7-6-11(17)8-13(12)23-15/h6-8,10,22H,5,9H2,1-4H3,(H,18,19,21). The minimum absolute atomic E-state index is 0.198. The number of hydrogen-bond acceptors (Lipinski definition) is 5. The fourth-order valence-corrected chi connectivity index (χ4v) is 3.24. The zero-order valence-electron chi connectivity index (χ0n) is 13.8. The third kappa shape index (κ3) is 4.70. The van der Waals surface area contributed by atoms with Crippen molar-refractivity contribution >= 4 is 32.6 Å². The van der Waals surface area contributed by atoms with Gasteiger partial charge < -0.3 is 10.4 Å². The highest BCUT2D eigenvalue weighted by Crippen LogP contribution is 2.26. The van der Waals surface area contributed by atoms with Crippen LogP contribution in [-0.4, -0.2) is 45.6 Å². The molecule has 126 valence electrons. The normalized spacial score (nSPS) is 13.5. The maximum Gasteiger partial charge on any atom is 0.243 e. The number of nitrogens with zero attached hydrogens (tertiary/aromatic N) is 2. The van der Waals surface area contributed by atoms with E-state index in [4.69, 9.17) is 0 Å². The van der Waals surface area contributed by atoms with Crippen LogP contribution in [0.4, 0.5) is 9.52 Å². The Morgan fingerprint density at radius 2 is 2.22 bits per heavy atom. The van der Waals surface area contributed by atoms with Crippen LogP contribution in [0, 0.1) is 5.82 Å². The Hall–Kier alpha value is -1.57. The summed E-state index contributed by atoms with van der Waals surface area (Å²) in [5.74, 6) is -0.523. The smallest absolute Gasteiger partial charge is 0.243 e. The summed E-state index contributed by atoms with van der Waals surface area (Å²) in [6, 6.07) is 3.93. The zero-order valence-corrected chi connectivity index (χ0v) is 14.6. The number of rotatable bonds is 6. The molecule has 23 heavy (non-hydrogen) atoms. The van der Waals surface area contributed by atoms with Crippen LogP contribution >= 0.6 is 11.3 Å². The summed E-state index contributed by atoms with van der Waals surface area (Å²) >= 11 is 1.24. The molecule has 1 atom stereocenters. The van der Waals surface area contributed by atoms with E-state index in [1.165, 1.54) is 23.5 Å². The number of fused-ring (bicyclic) bond motifs is 1. The van der Waals surface area contributed by atoms with Crippen LogP contribution in [0.3, 0.4) is 0 Å². The Bertz CT molecular complexity index is 696. The molecular weight excluding hydrogens is 317 g/mol. The summed E-state index contributed by atoms with van der Waals surface area (Å²) in [5, 5.41) is 13.2. The molecule has 0 bridgehead atoms. The van der Waals surface area contributed by atoms with Crippen LogP contribution in [0.15, 0.2) is 18.2 Å². The molecule has 7 heteroatoms. The zero-order chi connectivity index (χ0) is 17.2. The lowest BCUT2D eigenvalue weighted by Crippen LogP contribution is -2.48. The molecule has 2 rings (SSSR count). The van der Waals surface area contributed by atoms with Gasteiger partial charge in [0.2, 0.25) is 5.91 Å². The Labute approximate surface area is 139 Å². The first kappa shape index (κ1) is 17.8. The van der Waals surface area contributed by atoms with Crippen molar-refractivity contribution in [1.29, 1.82) is 0 Å². The predicted molar refractivity (Wildman–Crippen MR) is 91.2 cm³/mol. The van der Waals surface area contributed by atoms with Gasteiger partial charge in [-0.25, -0.2) is 9.37 Å². The van der Waals surface area contributed by atoms with E-state index in [0.29, 0.717) is 28.4 Å². The number of carbonyl (C=O) groups is 1. The lowest BCUT2D eigenvalue weighted by Gasteiger charge is -2.31. The number of aromatic nitrogens is 1. The van der Waals surface area contributed by atoms with E-state index in [0.717, 1.165) is 0 Å². The molecule has 2 N–H and O–H groups in total. The average molecular weight is 339 g/mol. The molecule has 0 fully saturated rings. The monoisotopic (exact) mass is 339 g/mol. The second-order valence-electron chi connectivity index (χ2n) is 6.17. The lowest BCUT2D eigenvalue weighted by atomic mass is 10.1. The second-order valence-corrected chi connectivity index (χ2v) is 7.20. The number of anilines is 1. The molecule has 0 saturated carbocycles. The van der Waals surface area contributed by atoms with Gasteiger partial charge >= 0.3 is 0 Å². The van der Waals surface area contributed by atoms with Crippen LogP contribution < -0.4 is 5.32 Å². The Morgan fingerprint density at radius 1 is 1.52 bits per heavy atom. The van der Waals surface area contributed by atoms with Gasteiger partial charge in [0, 0.05) is 6.54 Å². The van der Waals surface area contributed by atoms with Crippen LogP contribution in [0.1, 0.15) is 27.7 Å². The molecule has 0 saturated heterocycles. The second kappa shape index (κ2) is 6.90. The largest absolute Gasteiger partial charge is 0.389 e. The van der Waals surface area contributed by atoms with Crippen LogP contribution in [0.2, 0.25) is 0 Å². The third-order valence-electron chi connectivity index (χ3n) is 3.50. The lowest BCUT2D eigenvalue weighted by molar-refractivity contribution is -0.121. The Morgan fingerprint density at radius 3 is 2.83 bits per heavy atom. The summed E-state index contributed by atoms with van der Waals surface area (Å²) < 4.78 is 13.9. The van der Waals surface area contributed by atoms with Gasteiger partial charge in [-0.15, -0.1) is 0 Å². The van der Waals surface area contributed by atoms with E-state index in [2.05, 4.69) is 10.3 Å². The maximum atomic E-state index is 13.2. The molecule has 1 aromatic heterocycles. The molecule has 1 unspecified atom stereocenters. The van der Waals surface area contributed by atoms with Crippen LogP contribution in [0.25, 0.3) is 10.2 Å². The van der Waals surface area contributed by atoms with Crippen molar-refractivity contribution < 1.29 is 14.3 Å². The molecule has 0 radical (unpaired) electrons. The highest BCUT2D eigenvalue weighted by atomic mass is 32.1. The Kier molecular flexibility index (Phi) is 5.33. The van der Waals surface area contributed by atoms with Gasteiger partial charge in [-0.3, -0.25) is 9.69 Å². The number of likely N-dealkylation sites (N-methyl/N-ethyl adjacent to an activating group) is 1. The van der Waals surface area contributed by atoms with E-state index in [1.54, 1.807) is 26.8 Å². The van der Waals surface area contributed by atoms with E-state index < -0.39 is 11.6 Å². The minimum Gasteiger partial charge on any atom is -0.389 e. The molecular formula is C16H22FN3O2S. The van der Waals surface area contributed by atoms with Gasteiger partial charge in [0.25, 0.3) is 0 Å². The first-order chi connectivity index (χ1) is 10.7. The minimum atomic E-state index is -0.877. The maximum absolute atomic E-state index is 13.2. The van der Waals surface area contributed by atoms with Crippen molar-refractivity contribution in [2.24, 2.45) is 0 Å². The molecule has 2 aromatic rings. The Balaban J connectivity index is 2.09. The average Bonchev–Trinajstić information content (AvgIpc) is 2.84. The molecule has 0 aliphatic carbocycles. The van der Waals surface area contributed by atoms with Crippen molar-refractivity contribution in [1.82, 2.24) is 9.88 Å². The first-order valence-corrected chi connectivity index (χ1v) is 8.34. The summed E-state index contributed by atoms with van der Waals surface area (Å²) in [5.41, 5.74) is -0.221. The summed E-state index contributed by atoms with van der Waals surface area (Å²) in [4.78, 5) is 18.6. The van der Waals surface area contributed by atoms with Crippen molar-refractivity contribution in [3.63, 3.8) is 0 Å². The third-order valence-corrected chi connectivity index (χ3v) is 4.44. The molecule has 1 heterocycles. The predicted octanol–water partition coefficient (Wildman–Crippen LogP) is 2.86. The highest BCUT2D eigenvalue weighted by Gasteiger charge is 2.26. The van der Waals surface area contributed by atoms with Gasteiger partial charge in [-0.05, 0) is 45.5 Å². The molecule has 1 amide bonds. The number of nitrogens with one attached hydrogen (secondary N) is 1. The first-order valence-electron chi connectivity index (χ1n) is 7.53. The SMILES string of the molecule is CCN(CC(C)(C)O)C(C)C(=O)Nc1nc2ccc(F)cc2s1. The van der Waals surface area contributed by atoms with Gasteiger partial charge in [0.1, 0.15) is 5.82 Å². The number of aliphatic hydroxyl groups is 1. The number of benzene rings is 1. The van der Waals surface area contributed by atoms with Crippen molar-refractivity contribution in [3.8, 4) is 0 Å². The number of thiazole rings is 1. The van der Waals surface area contributed by atoms with Crippen molar-refractivity contribution in [2.75, 3.05) is 18.4 Å². The number of amides is 1. The quantitative estimate of drug-likeness (QED) is 0.849. The fraction of sp³-hybridized carbons (Fsp3) is 0.500. The van der Waals surface area contributed by atoms with E-state index >= 15 is 0 Å². The van der Waals surface area contributed by atoms with Gasteiger partial charge in [0.05, 0.1) is 21.9 Å². The van der Waals surface area contributed by atoms with Gasteiger partial charge in [-0.2, -0.15) is 0 Å². The highest BCUT2D eigenvalue weighted by molar-refractivity contribution is 7.22. The van der Waals surface area contributed by atoms with Crippen molar-refractivity contribution in [2.45, 2.75) is 39.3 Å². The number of halogens is 1. The summed E-state index contributed by atoms with van der Waals surface area (Å²) in [6.45, 7) is 8.19. The topological polar surface area (TPSA) is 65.5 Å². The molecule has 5 nitrogen and oxygen atoms in total. The van der Waals surface area contributed by atoms with Crippen LogP contribution in [-0.2, 0) is 4.79 Å². The summed E-state index contributed by atoms with van der Waals surface area (Å²) in [7, 11) is 0. The van der Waals surface area contributed by atoms with Gasteiger partial charge in [-0.1, -0.05) is 18.3 Å². The summed E-state index contributed by atoms with van der Waals surface area (Å²) in [6.07, 6.45) is 0. The van der Waals surface area contributed by atoms with Crippen molar-refractivity contribution in [3.05, 3.63) is 24.0 Å². The van der Waals surface area contributed by atoms with Gasteiger partial charge in [0.15, 0.2) is 5.13 Å². The molecule has 1 aromatic carbocycles. The molecule has 0 aliphatic rings. The van der Waals surface area contributed by atoms with E-state index in [-0.39, 0.29) is 11.7 Å². The van der Waals surface area contributed by atoms with E-state index in [1.807, 2.05) is 11.8 Å². The fourth-order valence-electron chi connectivity index (χ4n) is 2.35. The van der Waals surface area contributed by atoms with E-state index in [9.17, 15) is 14.3 Å². The number of hydrogen-bond donors (Lipinski definition) is 2.